The molecule has 1 aromatic heterocycles. The van der Waals surface area contributed by atoms with Crippen molar-refractivity contribution in [3.63, 3.8) is 0 Å². The van der Waals surface area contributed by atoms with Gasteiger partial charge in [-0.25, -0.2) is 4.79 Å². The Labute approximate surface area is 95.9 Å². The first-order valence-electron chi connectivity index (χ1n) is 5.01. The second-order valence-corrected chi connectivity index (χ2v) is 3.77. The lowest BCUT2D eigenvalue weighted by molar-refractivity contribution is -0.0549. The van der Waals surface area contributed by atoms with Crippen LogP contribution >= 0.6 is 0 Å². The fourth-order valence-corrected chi connectivity index (χ4v) is 1.73. The minimum Gasteiger partial charge on any atom is -0.394 e. The van der Waals surface area contributed by atoms with Gasteiger partial charge in [-0.15, -0.1) is 0 Å². The molecule has 4 atom stereocenters. The van der Waals surface area contributed by atoms with Gasteiger partial charge in [0, 0.05) is 6.20 Å². The van der Waals surface area contributed by atoms with E-state index < -0.39 is 36.8 Å². The Morgan fingerprint density at radius 2 is 2.18 bits per heavy atom. The van der Waals surface area contributed by atoms with Gasteiger partial charge in [0.05, 0.1) is 6.61 Å². The number of rotatable bonds is 2. The Morgan fingerprint density at radius 1 is 1.47 bits per heavy atom. The molecular formula is C9H13N3O5. The van der Waals surface area contributed by atoms with Crippen LogP contribution in [0.15, 0.2) is 17.1 Å². The zero-order valence-corrected chi connectivity index (χ0v) is 8.80. The summed E-state index contributed by atoms with van der Waals surface area (Å²) in [5.41, 5.74) is 4.63. The molecule has 0 amide bonds. The first-order chi connectivity index (χ1) is 8.04. The van der Waals surface area contributed by atoms with Crippen molar-refractivity contribution in [1.82, 2.24) is 9.55 Å². The highest BCUT2D eigenvalue weighted by atomic mass is 16.6. The summed E-state index contributed by atoms with van der Waals surface area (Å²) in [5, 5.41) is 28.2. The Hall–Kier alpha value is -1.48. The van der Waals surface area contributed by atoms with Crippen LogP contribution < -0.4 is 11.4 Å². The van der Waals surface area contributed by atoms with Crippen molar-refractivity contribution in [2.75, 3.05) is 12.3 Å². The molecule has 1 aliphatic rings. The smallest absolute Gasteiger partial charge is 0.351 e. The minimum absolute atomic E-state index is 0.0537. The molecule has 0 spiro atoms. The van der Waals surface area contributed by atoms with Gasteiger partial charge in [-0.3, -0.25) is 4.57 Å². The van der Waals surface area contributed by atoms with Crippen LogP contribution in [0.25, 0.3) is 0 Å². The summed E-state index contributed by atoms with van der Waals surface area (Å²) in [6, 6.07) is 1.37. The quantitative estimate of drug-likeness (QED) is 0.449. The molecule has 0 saturated carbocycles. The van der Waals surface area contributed by atoms with Crippen LogP contribution in [0, 0.1) is 0 Å². The van der Waals surface area contributed by atoms with E-state index >= 15 is 0 Å². The molecular weight excluding hydrogens is 230 g/mol. The molecule has 1 fully saturated rings. The van der Waals surface area contributed by atoms with Crippen LogP contribution in [0.1, 0.15) is 6.23 Å². The third kappa shape index (κ3) is 2.03. The standard InChI is InChI=1S/C9H13N3O5/c10-5-1-2-12(9(16)11-5)8-7(15)6(14)4(3-13)17-8/h1-2,4,6-8,13-15H,3H2,(H2,10,11,16)/t4-,6+,7?,8-/m1/s1. The number of nitrogens with zero attached hydrogens (tertiary/aromatic N) is 2. The van der Waals surface area contributed by atoms with E-state index in [0.717, 1.165) is 4.57 Å². The average Bonchev–Trinajstić information content (AvgIpc) is 2.57. The summed E-state index contributed by atoms with van der Waals surface area (Å²) in [4.78, 5) is 15.0. The van der Waals surface area contributed by atoms with E-state index in [0.29, 0.717) is 0 Å². The highest BCUT2D eigenvalue weighted by molar-refractivity contribution is 5.23. The summed E-state index contributed by atoms with van der Waals surface area (Å²) in [5.74, 6) is 0.0537. The lowest BCUT2D eigenvalue weighted by Gasteiger charge is -2.16. The third-order valence-electron chi connectivity index (χ3n) is 2.64. The van der Waals surface area contributed by atoms with E-state index in [4.69, 9.17) is 15.6 Å². The number of hydrogen-bond acceptors (Lipinski definition) is 7. The number of aliphatic hydroxyl groups excluding tert-OH is 3. The Morgan fingerprint density at radius 3 is 2.71 bits per heavy atom. The van der Waals surface area contributed by atoms with E-state index in [9.17, 15) is 15.0 Å². The molecule has 1 aromatic rings. The van der Waals surface area contributed by atoms with Gasteiger partial charge in [0.15, 0.2) is 6.23 Å². The van der Waals surface area contributed by atoms with E-state index in [-0.39, 0.29) is 5.82 Å². The topological polar surface area (TPSA) is 131 Å². The largest absolute Gasteiger partial charge is 0.394 e. The maximum Gasteiger partial charge on any atom is 0.351 e. The predicted molar refractivity (Wildman–Crippen MR) is 55.9 cm³/mol. The van der Waals surface area contributed by atoms with Gasteiger partial charge in [-0.1, -0.05) is 0 Å². The molecule has 1 saturated heterocycles. The molecule has 17 heavy (non-hydrogen) atoms. The third-order valence-corrected chi connectivity index (χ3v) is 2.64. The van der Waals surface area contributed by atoms with Crippen LogP contribution in [-0.2, 0) is 4.74 Å². The molecule has 8 nitrogen and oxygen atoms in total. The van der Waals surface area contributed by atoms with Crippen LogP contribution in [-0.4, -0.2) is 49.8 Å². The molecule has 5 N–H and O–H groups in total. The molecule has 94 valence electrons. The van der Waals surface area contributed by atoms with Gasteiger partial charge in [-0.2, -0.15) is 4.98 Å². The van der Waals surface area contributed by atoms with Crippen molar-refractivity contribution < 1.29 is 20.1 Å². The van der Waals surface area contributed by atoms with Crippen LogP contribution in [0.2, 0.25) is 0 Å². The maximum absolute atomic E-state index is 11.5. The molecule has 8 heteroatoms. The van der Waals surface area contributed by atoms with E-state index in [1.165, 1.54) is 12.3 Å². The predicted octanol–water partition coefficient (Wildman–Crippen LogP) is -2.56. The number of ether oxygens (including phenoxy) is 1. The summed E-state index contributed by atoms with van der Waals surface area (Å²) in [7, 11) is 0. The van der Waals surface area contributed by atoms with Crippen molar-refractivity contribution >= 4 is 5.82 Å². The van der Waals surface area contributed by atoms with Gasteiger partial charge in [0.1, 0.15) is 24.1 Å². The van der Waals surface area contributed by atoms with Crippen molar-refractivity contribution in [2.24, 2.45) is 0 Å². The molecule has 1 aliphatic heterocycles. The van der Waals surface area contributed by atoms with Gasteiger partial charge >= 0.3 is 5.69 Å². The summed E-state index contributed by atoms with van der Waals surface area (Å²) in [6.45, 7) is -0.453. The maximum atomic E-state index is 11.5. The lowest BCUT2D eigenvalue weighted by Crippen LogP contribution is -2.36. The number of aliphatic hydroxyl groups is 3. The van der Waals surface area contributed by atoms with Gasteiger partial charge in [0.2, 0.25) is 0 Å². The summed E-state index contributed by atoms with van der Waals surface area (Å²) in [6.07, 6.45) is -3.27. The van der Waals surface area contributed by atoms with Gasteiger partial charge in [-0.05, 0) is 6.07 Å². The monoisotopic (exact) mass is 243 g/mol. The molecule has 2 rings (SSSR count). The first kappa shape index (κ1) is 12.0. The van der Waals surface area contributed by atoms with E-state index in [1.807, 2.05) is 0 Å². The average molecular weight is 243 g/mol. The molecule has 0 aliphatic carbocycles. The number of anilines is 1. The molecule has 0 bridgehead atoms. The Kier molecular flexibility index (Phi) is 3.11. The minimum atomic E-state index is -1.31. The molecule has 0 aromatic carbocycles. The number of hydrogen-bond donors (Lipinski definition) is 4. The number of nitrogen functional groups attached to an aromatic ring is 1. The van der Waals surface area contributed by atoms with Crippen LogP contribution in [0.4, 0.5) is 5.82 Å². The van der Waals surface area contributed by atoms with Gasteiger partial charge in [0.25, 0.3) is 0 Å². The van der Waals surface area contributed by atoms with E-state index in [1.54, 1.807) is 0 Å². The lowest BCUT2D eigenvalue weighted by atomic mass is 10.1. The van der Waals surface area contributed by atoms with Crippen LogP contribution in [0.5, 0.6) is 0 Å². The second-order valence-electron chi connectivity index (χ2n) is 3.77. The highest BCUT2D eigenvalue weighted by Gasteiger charge is 2.43. The summed E-state index contributed by atoms with van der Waals surface area (Å²) >= 11 is 0. The van der Waals surface area contributed by atoms with Crippen molar-refractivity contribution in [3.05, 3.63) is 22.7 Å². The zero-order chi connectivity index (χ0) is 12.6. The molecule has 1 unspecified atom stereocenters. The fourth-order valence-electron chi connectivity index (χ4n) is 1.73. The zero-order valence-electron chi connectivity index (χ0n) is 8.80. The normalized spacial score (nSPS) is 32.9. The Balaban J connectivity index is 2.32. The van der Waals surface area contributed by atoms with Crippen molar-refractivity contribution in [2.45, 2.75) is 24.5 Å². The highest BCUT2D eigenvalue weighted by Crippen LogP contribution is 2.27. The number of aromatic nitrogens is 2. The summed E-state index contributed by atoms with van der Waals surface area (Å²) < 4.78 is 6.19. The second kappa shape index (κ2) is 4.41. The van der Waals surface area contributed by atoms with Crippen molar-refractivity contribution in [1.29, 1.82) is 0 Å². The van der Waals surface area contributed by atoms with Crippen LogP contribution in [0.3, 0.4) is 0 Å². The Bertz CT molecular complexity index is 462. The SMILES string of the molecule is Nc1ccn([C@@H]2O[C@H](CO)[C@H](O)C2O)c(=O)n1. The molecule has 2 heterocycles. The first-order valence-corrected chi connectivity index (χ1v) is 5.01. The van der Waals surface area contributed by atoms with Gasteiger partial charge < -0.3 is 25.8 Å². The van der Waals surface area contributed by atoms with E-state index in [2.05, 4.69) is 4.98 Å². The molecule has 0 radical (unpaired) electrons. The van der Waals surface area contributed by atoms with Crippen molar-refractivity contribution in [3.8, 4) is 0 Å². The fraction of sp³-hybridized carbons (Fsp3) is 0.556. The number of nitrogens with two attached hydrogens (primary N) is 1.